The number of hydrogen-bond donors (Lipinski definition) is 1. The summed E-state index contributed by atoms with van der Waals surface area (Å²) < 4.78 is 5.67. The molecule has 100 valence electrons. The van der Waals surface area contributed by atoms with E-state index in [1.807, 2.05) is 13.8 Å². The van der Waals surface area contributed by atoms with E-state index >= 15 is 0 Å². The molecule has 18 heavy (non-hydrogen) atoms. The van der Waals surface area contributed by atoms with Gasteiger partial charge in [0.1, 0.15) is 12.4 Å². The van der Waals surface area contributed by atoms with Crippen molar-refractivity contribution in [2.75, 3.05) is 13.2 Å². The number of nitrogens with one attached hydrogen (secondary N) is 1. The molecule has 0 aliphatic carbocycles. The second kappa shape index (κ2) is 7.67. The fourth-order valence-electron chi connectivity index (χ4n) is 1.81. The van der Waals surface area contributed by atoms with Crippen molar-refractivity contribution in [3.8, 4) is 5.75 Å². The Bertz CT molecular complexity index is 407. The molecule has 0 atom stereocenters. The summed E-state index contributed by atoms with van der Waals surface area (Å²) >= 11 is 11.3. The molecule has 4 heteroatoms. The maximum Gasteiger partial charge on any atom is 0.125 e. The Morgan fingerprint density at radius 2 is 1.94 bits per heavy atom. The lowest BCUT2D eigenvalue weighted by atomic mass is 10.1. The van der Waals surface area contributed by atoms with Crippen LogP contribution in [0, 0.1) is 13.8 Å². The molecule has 0 heterocycles. The predicted molar refractivity (Wildman–Crippen MR) is 78.6 cm³/mol. The maximum absolute atomic E-state index is 5.81. The molecule has 0 unspecified atom stereocenters. The molecule has 1 N–H and O–H groups in total. The molecule has 0 saturated carbocycles. The van der Waals surface area contributed by atoms with Crippen LogP contribution < -0.4 is 10.1 Å². The van der Waals surface area contributed by atoms with Crippen molar-refractivity contribution in [1.82, 2.24) is 5.32 Å². The highest BCUT2D eigenvalue weighted by Gasteiger charge is 2.07. The summed E-state index contributed by atoms with van der Waals surface area (Å²) in [5.41, 5.74) is 4.81. The van der Waals surface area contributed by atoms with E-state index in [2.05, 4.69) is 24.4 Å². The van der Waals surface area contributed by atoms with Gasteiger partial charge in [-0.05, 0) is 37.1 Å². The summed E-state index contributed by atoms with van der Waals surface area (Å²) in [6.45, 7) is 8.32. The Morgan fingerprint density at radius 1 is 1.33 bits per heavy atom. The predicted octanol–water partition coefficient (Wildman–Crippen LogP) is 4.11. The van der Waals surface area contributed by atoms with Crippen molar-refractivity contribution in [1.29, 1.82) is 0 Å². The van der Waals surface area contributed by atoms with Gasteiger partial charge >= 0.3 is 0 Å². The standard InChI is InChI=1S/C14H19Cl2NO/c1-4-17-8-12-5-10(2)14(11(3)6-12)18-9-13(16)7-15/h5-7,17H,4,8-9H2,1-3H3. The molecule has 0 bridgehead atoms. The van der Waals surface area contributed by atoms with Crippen LogP contribution in [0.5, 0.6) is 5.75 Å². The van der Waals surface area contributed by atoms with Crippen molar-refractivity contribution < 1.29 is 4.74 Å². The van der Waals surface area contributed by atoms with Crippen LogP contribution in [-0.2, 0) is 6.54 Å². The van der Waals surface area contributed by atoms with Crippen LogP contribution in [0.25, 0.3) is 0 Å². The van der Waals surface area contributed by atoms with Gasteiger partial charge in [-0.25, -0.2) is 0 Å². The average molecular weight is 288 g/mol. The minimum Gasteiger partial charge on any atom is -0.487 e. The summed E-state index contributed by atoms with van der Waals surface area (Å²) in [5.74, 6) is 0.881. The zero-order chi connectivity index (χ0) is 13.5. The molecular weight excluding hydrogens is 269 g/mol. The van der Waals surface area contributed by atoms with Crippen LogP contribution in [0.1, 0.15) is 23.6 Å². The third-order valence-corrected chi connectivity index (χ3v) is 3.17. The number of ether oxygens (including phenoxy) is 1. The molecule has 0 aliphatic heterocycles. The Balaban J connectivity index is 2.80. The fraction of sp³-hybridized carbons (Fsp3) is 0.429. The summed E-state index contributed by atoms with van der Waals surface area (Å²) in [5, 5.41) is 3.80. The molecule has 0 fully saturated rings. The van der Waals surface area contributed by atoms with Crippen LogP contribution in [0.2, 0.25) is 0 Å². The lowest BCUT2D eigenvalue weighted by Crippen LogP contribution is -2.12. The molecule has 1 rings (SSSR count). The highest BCUT2D eigenvalue weighted by Crippen LogP contribution is 2.25. The highest BCUT2D eigenvalue weighted by atomic mass is 35.5. The van der Waals surface area contributed by atoms with Gasteiger partial charge in [-0.1, -0.05) is 42.3 Å². The topological polar surface area (TPSA) is 21.3 Å². The van der Waals surface area contributed by atoms with Crippen molar-refractivity contribution in [2.45, 2.75) is 27.3 Å². The monoisotopic (exact) mass is 287 g/mol. The van der Waals surface area contributed by atoms with E-state index in [1.54, 1.807) is 0 Å². The van der Waals surface area contributed by atoms with E-state index in [4.69, 9.17) is 27.9 Å². The minimum atomic E-state index is 0.305. The van der Waals surface area contributed by atoms with Crippen molar-refractivity contribution in [3.63, 3.8) is 0 Å². The average Bonchev–Trinajstić information content (AvgIpc) is 2.34. The molecule has 0 radical (unpaired) electrons. The fourth-order valence-corrected chi connectivity index (χ4v) is 1.93. The summed E-state index contributed by atoms with van der Waals surface area (Å²) in [4.78, 5) is 0. The van der Waals surface area contributed by atoms with Gasteiger partial charge in [-0.15, -0.1) is 0 Å². The summed E-state index contributed by atoms with van der Waals surface area (Å²) in [6.07, 6.45) is 0. The summed E-state index contributed by atoms with van der Waals surface area (Å²) in [6, 6.07) is 4.26. The summed E-state index contributed by atoms with van der Waals surface area (Å²) in [7, 11) is 0. The van der Waals surface area contributed by atoms with Crippen molar-refractivity contribution in [2.24, 2.45) is 0 Å². The van der Waals surface area contributed by atoms with Crippen LogP contribution in [0.3, 0.4) is 0 Å². The van der Waals surface area contributed by atoms with E-state index < -0.39 is 0 Å². The Hall–Kier alpha value is -0.700. The number of rotatable bonds is 6. The Kier molecular flexibility index (Phi) is 6.55. The molecular formula is C14H19Cl2NO. The second-order valence-corrected chi connectivity index (χ2v) is 4.89. The SMILES string of the molecule is CCNCc1cc(C)c(OCC(Cl)=CCl)c(C)c1. The molecule has 0 aliphatic rings. The van der Waals surface area contributed by atoms with E-state index in [9.17, 15) is 0 Å². The van der Waals surface area contributed by atoms with Gasteiger partial charge in [0.2, 0.25) is 0 Å². The number of benzene rings is 1. The van der Waals surface area contributed by atoms with Gasteiger partial charge in [0.05, 0.1) is 5.03 Å². The van der Waals surface area contributed by atoms with Gasteiger partial charge < -0.3 is 10.1 Å². The first-order chi connectivity index (χ1) is 8.58. The van der Waals surface area contributed by atoms with Gasteiger partial charge in [0.15, 0.2) is 0 Å². The lowest BCUT2D eigenvalue weighted by molar-refractivity contribution is 0.354. The van der Waals surface area contributed by atoms with E-state index in [-0.39, 0.29) is 0 Å². The van der Waals surface area contributed by atoms with Gasteiger partial charge in [0.25, 0.3) is 0 Å². The van der Waals surface area contributed by atoms with Gasteiger partial charge in [-0.3, -0.25) is 0 Å². The van der Waals surface area contributed by atoms with Crippen LogP contribution in [0.4, 0.5) is 0 Å². The largest absolute Gasteiger partial charge is 0.487 e. The van der Waals surface area contributed by atoms with Gasteiger partial charge in [0, 0.05) is 12.1 Å². The first-order valence-electron chi connectivity index (χ1n) is 5.96. The maximum atomic E-state index is 5.81. The van der Waals surface area contributed by atoms with Crippen LogP contribution >= 0.6 is 23.2 Å². The number of halogens is 2. The zero-order valence-electron chi connectivity index (χ0n) is 11.0. The number of aryl methyl sites for hydroxylation is 2. The molecule has 0 spiro atoms. The first-order valence-corrected chi connectivity index (χ1v) is 6.78. The molecule has 0 aromatic heterocycles. The molecule has 2 nitrogen and oxygen atoms in total. The second-order valence-electron chi connectivity index (χ2n) is 4.18. The minimum absolute atomic E-state index is 0.305. The number of hydrogen-bond acceptors (Lipinski definition) is 2. The Morgan fingerprint density at radius 3 is 2.44 bits per heavy atom. The quantitative estimate of drug-likeness (QED) is 0.850. The highest BCUT2D eigenvalue weighted by molar-refractivity contribution is 6.36. The van der Waals surface area contributed by atoms with Crippen LogP contribution in [-0.4, -0.2) is 13.2 Å². The van der Waals surface area contributed by atoms with Crippen LogP contribution in [0.15, 0.2) is 22.7 Å². The normalized spacial score (nSPS) is 11.7. The van der Waals surface area contributed by atoms with E-state index in [0.717, 1.165) is 30.0 Å². The van der Waals surface area contributed by atoms with Crippen molar-refractivity contribution in [3.05, 3.63) is 39.4 Å². The van der Waals surface area contributed by atoms with Crippen molar-refractivity contribution >= 4 is 23.2 Å². The Labute approximate surface area is 119 Å². The third kappa shape index (κ3) is 4.52. The molecule has 0 saturated heterocycles. The molecule has 1 aromatic carbocycles. The smallest absolute Gasteiger partial charge is 0.125 e. The first kappa shape index (κ1) is 15.4. The zero-order valence-corrected chi connectivity index (χ0v) is 12.5. The van der Waals surface area contributed by atoms with E-state index in [1.165, 1.54) is 11.1 Å². The van der Waals surface area contributed by atoms with E-state index in [0.29, 0.717) is 11.6 Å². The lowest BCUT2D eigenvalue weighted by Gasteiger charge is -2.14. The third-order valence-electron chi connectivity index (χ3n) is 2.57. The molecule has 1 aromatic rings. The molecule has 0 amide bonds. The van der Waals surface area contributed by atoms with Gasteiger partial charge in [-0.2, -0.15) is 0 Å².